The lowest BCUT2D eigenvalue weighted by Crippen LogP contribution is -2.15. The number of nitrogens with one attached hydrogen (secondary N) is 1. The maximum atomic E-state index is 12.3. The number of amides is 1. The lowest BCUT2D eigenvalue weighted by Gasteiger charge is -2.18. The van der Waals surface area contributed by atoms with Gasteiger partial charge in [0, 0.05) is 17.0 Å². The van der Waals surface area contributed by atoms with Gasteiger partial charge in [0.05, 0.1) is 20.4 Å². The average molecular weight is 403 g/mol. The van der Waals surface area contributed by atoms with Crippen molar-refractivity contribution in [3.05, 3.63) is 49.5 Å². The van der Waals surface area contributed by atoms with Crippen molar-refractivity contribution in [2.45, 2.75) is 6.92 Å². The minimum Gasteiger partial charge on any atom is -0.486 e. The maximum Gasteiger partial charge on any atom is 0.283 e. The third kappa shape index (κ3) is 3.49. The Bertz CT molecular complexity index is 1040. The largest absolute Gasteiger partial charge is 0.486 e. The van der Waals surface area contributed by atoms with Gasteiger partial charge in [0.15, 0.2) is 16.6 Å². The Morgan fingerprint density at radius 1 is 1.26 bits per heavy atom. The molecule has 27 heavy (non-hydrogen) atoms. The van der Waals surface area contributed by atoms with Crippen LogP contribution in [0.1, 0.15) is 14.5 Å². The van der Waals surface area contributed by atoms with Crippen LogP contribution in [-0.2, 0) is 0 Å². The first kappa shape index (κ1) is 17.4. The van der Waals surface area contributed by atoms with Crippen LogP contribution in [-0.4, -0.2) is 29.0 Å². The van der Waals surface area contributed by atoms with Crippen LogP contribution in [0.25, 0.3) is 11.3 Å². The fraction of sp³-hybridized carbons (Fsp3) is 0.176. The summed E-state index contributed by atoms with van der Waals surface area (Å²) in [7, 11) is 0. The van der Waals surface area contributed by atoms with Crippen LogP contribution in [0, 0.1) is 17.0 Å². The summed E-state index contributed by atoms with van der Waals surface area (Å²) in [6.07, 6.45) is 0. The topological polar surface area (TPSA) is 104 Å². The predicted molar refractivity (Wildman–Crippen MR) is 102 cm³/mol. The zero-order valence-electron chi connectivity index (χ0n) is 14.1. The molecule has 0 unspecified atom stereocenters. The standard InChI is InChI=1S/C17H13N3O5S2/c1-9-12(20(22)23)7-15(27-9)16(21)19-17-18-11(8-26-17)10-2-3-13-14(6-10)25-5-4-24-13/h2-3,6-8H,4-5H2,1H3,(H,18,19,21). The van der Waals surface area contributed by atoms with Gasteiger partial charge in [-0.25, -0.2) is 4.98 Å². The number of hydrogen-bond donors (Lipinski definition) is 1. The molecule has 1 N–H and O–H groups in total. The Hall–Kier alpha value is -2.98. The van der Waals surface area contributed by atoms with Gasteiger partial charge >= 0.3 is 0 Å². The normalized spacial score (nSPS) is 12.6. The van der Waals surface area contributed by atoms with Crippen molar-refractivity contribution >= 4 is 39.4 Å². The lowest BCUT2D eigenvalue weighted by atomic mass is 10.1. The van der Waals surface area contributed by atoms with E-state index in [4.69, 9.17) is 9.47 Å². The number of hydrogen-bond acceptors (Lipinski definition) is 8. The van der Waals surface area contributed by atoms with E-state index in [2.05, 4.69) is 10.3 Å². The summed E-state index contributed by atoms with van der Waals surface area (Å²) in [5.41, 5.74) is 1.49. The van der Waals surface area contributed by atoms with Crippen LogP contribution in [0.15, 0.2) is 29.6 Å². The second-order valence-corrected chi connectivity index (χ2v) is 7.77. The number of aryl methyl sites for hydroxylation is 1. The molecule has 1 aliphatic rings. The van der Waals surface area contributed by atoms with E-state index < -0.39 is 10.8 Å². The Morgan fingerprint density at radius 2 is 2.04 bits per heavy atom. The molecule has 0 saturated heterocycles. The van der Waals surface area contributed by atoms with E-state index in [-0.39, 0.29) is 10.6 Å². The highest BCUT2D eigenvalue weighted by molar-refractivity contribution is 7.15. The number of rotatable bonds is 4. The van der Waals surface area contributed by atoms with Gasteiger partial charge in [0.2, 0.25) is 0 Å². The quantitative estimate of drug-likeness (QED) is 0.519. The fourth-order valence-corrected chi connectivity index (χ4v) is 4.19. The number of benzene rings is 1. The number of carbonyl (C=O) groups is 1. The molecule has 3 aromatic rings. The fourth-order valence-electron chi connectivity index (χ4n) is 2.59. The van der Waals surface area contributed by atoms with Crippen LogP contribution < -0.4 is 14.8 Å². The van der Waals surface area contributed by atoms with Gasteiger partial charge in [-0.2, -0.15) is 0 Å². The monoisotopic (exact) mass is 403 g/mol. The van der Waals surface area contributed by atoms with E-state index in [1.165, 1.54) is 17.4 Å². The van der Waals surface area contributed by atoms with Gasteiger partial charge in [0.1, 0.15) is 13.2 Å². The summed E-state index contributed by atoms with van der Waals surface area (Å²) in [4.78, 5) is 28.0. The van der Waals surface area contributed by atoms with Gasteiger partial charge in [-0.15, -0.1) is 22.7 Å². The maximum absolute atomic E-state index is 12.3. The molecule has 1 aromatic carbocycles. The number of thiophene rings is 1. The van der Waals surface area contributed by atoms with Gasteiger partial charge in [-0.3, -0.25) is 20.2 Å². The van der Waals surface area contributed by atoms with E-state index in [9.17, 15) is 14.9 Å². The molecule has 0 aliphatic carbocycles. The molecule has 0 atom stereocenters. The molecule has 3 heterocycles. The van der Waals surface area contributed by atoms with Gasteiger partial charge in [-0.1, -0.05) is 0 Å². The van der Waals surface area contributed by atoms with Crippen molar-refractivity contribution in [3.8, 4) is 22.8 Å². The van der Waals surface area contributed by atoms with E-state index in [1.54, 1.807) is 6.92 Å². The van der Waals surface area contributed by atoms with Crippen LogP contribution in [0.3, 0.4) is 0 Å². The van der Waals surface area contributed by atoms with Gasteiger partial charge in [-0.05, 0) is 25.1 Å². The van der Waals surface area contributed by atoms with Crippen molar-refractivity contribution in [2.24, 2.45) is 0 Å². The molecule has 0 spiro atoms. The van der Waals surface area contributed by atoms with Crippen molar-refractivity contribution in [2.75, 3.05) is 18.5 Å². The Kier molecular flexibility index (Phi) is 4.50. The van der Waals surface area contributed by atoms with E-state index in [0.29, 0.717) is 40.4 Å². The number of anilines is 1. The number of ether oxygens (including phenoxy) is 2. The number of fused-ring (bicyclic) bond motifs is 1. The molecule has 0 fully saturated rings. The highest BCUT2D eigenvalue weighted by atomic mass is 32.1. The molecule has 0 radical (unpaired) electrons. The number of carbonyl (C=O) groups excluding carboxylic acids is 1. The second-order valence-electron chi connectivity index (χ2n) is 5.66. The molecule has 10 heteroatoms. The minimum absolute atomic E-state index is 0.0544. The summed E-state index contributed by atoms with van der Waals surface area (Å²) in [6, 6.07) is 6.83. The molecule has 4 rings (SSSR count). The SMILES string of the molecule is Cc1sc(C(=O)Nc2nc(-c3ccc4c(c3)OCCO4)cs2)cc1[N+](=O)[O-]. The summed E-state index contributed by atoms with van der Waals surface area (Å²) in [5.74, 6) is 0.946. The molecular formula is C17H13N3O5S2. The number of nitro groups is 1. The van der Waals surface area contributed by atoms with Crippen LogP contribution in [0.2, 0.25) is 0 Å². The third-order valence-electron chi connectivity index (χ3n) is 3.87. The molecule has 0 saturated carbocycles. The Morgan fingerprint density at radius 3 is 2.78 bits per heavy atom. The summed E-state index contributed by atoms with van der Waals surface area (Å²) >= 11 is 2.36. The van der Waals surface area contributed by atoms with Crippen molar-refractivity contribution < 1.29 is 19.2 Å². The molecule has 1 amide bonds. The lowest BCUT2D eigenvalue weighted by molar-refractivity contribution is -0.385. The first-order chi connectivity index (χ1) is 13.0. The smallest absolute Gasteiger partial charge is 0.283 e. The molecule has 2 aromatic heterocycles. The summed E-state index contributed by atoms with van der Waals surface area (Å²) in [5, 5.41) is 15.9. The highest BCUT2D eigenvalue weighted by Gasteiger charge is 2.20. The Balaban J connectivity index is 1.52. The van der Waals surface area contributed by atoms with E-state index >= 15 is 0 Å². The minimum atomic E-state index is -0.494. The van der Waals surface area contributed by atoms with Crippen molar-refractivity contribution in [3.63, 3.8) is 0 Å². The average Bonchev–Trinajstić information content (AvgIpc) is 3.28. The zero-order valence-corrected chi connectivity index (χ0v) is 15.7. The van der Waals surface area contributed by atoms with Crippen LogP contribution in [0.5, 0.6) is 11.5 Å². The molecular weight excluding hydrogens is 390 g/mol. The number of nitrogens with zero attached hydrogens (tertiary/aromatic N) is 2. The van der Waals surface area contributed by atoms with Gasteiger partial charge < -0.3 is 9.47 Å². The number of aromatic nitrogens is 1. The zero-order chi connectivity index (χ0) is 19.0. The molecule has 0 bridgehead atoms. The molecule has 8 nitrogen and oxygen atoms in total. The van der Waals surface area contributed by atoms with Crippen LogP contribution in [0.4, 0.5) is 10.8 Å². The van der Waals surface area contributed by atoms with E-state index in [1.807, 2.05) is 23.6 Å². The van der Waals surface area contributed by atoms with E-state index in [0.717, 1.165) is 16.9 Å². The molecule has 138 valence electrons. The first-order valence-corrected chi connectivity index (χ1v) is 9.62. The van der Waals surface area contributed by atoms with Crippen molar-refractivity contribution in [1.29, 1.82) is 0 Å². The second kappa shape index (κ2) is 6.97. The summed E-state index contributed by atoms with van der Waals surface area (Å²) in [6.45, 7) is 2.64. The number of thiazole rings is 1. The van der Waals surface area contributed by atoms with Crippen molar-refractivity contribution in [1.82, 2.24) is 4.98 Å². The molecule has 1 aliphatic heterocycles. The van der Waals surface area contributed by atoms with Gasteiger partial charge in [0.25, 0.3) is 11.6 Å². The predicted octanol–water partition coefficient (Wildman–Crippen LogP) is 4.11. The summed E-state index contributed by atoms with van der Waals surface area (Å²) < 4.78 is 11.1. The Labute approximate surface area is 161 Å². The third-order valence-corrected chi connectivity index (χ3v) is 5.67. The highest BCUT2D eigenvalue weighted by Crippen LogP contribution is 2.35. The van der Waals surface area contributed by atoms with Crippen LogP contribution >= 0.6 is 22.7 Å². The first-order valence-electron chi connectivity index (χ1n) is 7.93.